The van der Waals surface area contributed by atoms with Crippen molar-refractivity contribution in [3.8, 4) is 5.75 Å². The van der Waals surface area contributed by atoms with E-state index in [9.17, 15) is 23.5 Å². The molecule has 0 saturated heterocycles. The Labute approximate surface area is 131 Å². The number of carboxylic acid groups (broad SMARTS) is 1. The van der Waals surface area contributed by atoms with Gasteiger partial charge in [0.25, 0.3) is 0 Å². The second kappa shape index (κ2) is 5.35. The number of carboxylic acids is 1. The predicted molar refractivity (Wildman–Crippen MR) is 75.1 cm³/mol. The fourth-order valence-electron chi connectivity index (χ4n) is 2.38. The van der Waals surface area contributed by atoms with Crippen molar-refractivity contribution >= 4 is 32.8 Å². The molecule has 22 heavy (non-hydrogen) atoms. The summed E-state index contributed by atoms with van der Waals surface area (Å²) in [5.41, 5.74) is -1.12. The predicted octanol–water partition coefficient (Wildman–Crippen LogP) is 2.06. The van der Waals surface area contributed by atoms with E-state index in [1.807, 2.05) is 0 Å². The van der Waals surface area contributed by atoms with Crippen molar-refractivity contribution in [2.24, 2.45) is 0 Å². The Balaban J connectivity index is 2.41. The van der Waals surface area contributed by atoms with Gasteiger partial charge in [0.2, 0.25) is 0 Å². The number of hydrogen-bond donors (Lipinski definition) is 0. The molecule has 0 unspecified atom stereocenters. The van der Waals surface area contributed by atoms with Gasteiger partial charge in [-0.05, 0) is 40.9 Å². The quantitative estimate of drug-likeness (QED) is 0.823. The minimum Gasteiger partial charge on any atom is -0.545 e. The van der Waals surface area contributed by atoms with Crippen LogP contribution in [-0.4, -0.2) is 17.1 Å². The van der Waals surface area contributed by atoms with Crippen LogP contribution in [0, 0.1) is 0 Å². The highest BCUT2D eigenvalue weighted by Gasteiger charge is 2.28. The first kappa shape index (κ1) is 15.0. The molecule has 5 nitrogen and oxygen atoms in total. The standard InChI is InChI=1S/C14H10BrF2NO4/c15-9-4-3-7-10(12(9)22-14(16)17)18(6-1-2-6)5-8(11(7)19)13(20)21/h3-6,14H,1-2H2,(H,20,21)/p-1. The number of aromatic nitrogens is 1. The molecule has 2 aromatic rings. The Morgan fingerprint density at radius 2 is 2.09 bits per heavy atom. The van der Waals surface area contributed by atoms with Gasteiger partial charge in [-0.3, -0.25) is 4.79 Å². The molecule has 1 heterocycles. The number of carbonyl (C=O) groups is 1. The Bertz CT molecular complexity index is 830. The first-order valence-electron chi connectivity index (χ1n) is 6.43. The number of alkyl halides is 2. The van der Waals surface area contributed by atoms with Crippen molar-refractivity contribution in [1.82, 2.24) is 4.57 Å². The molecular formula is C14H9BrF2NO4-. The third kappa shape index (κ3) is 2.47. The minimum absolute atomic E-state index is 0.00690. The summed E-state index contributed by atoms with van der Waals surface area (Å²) in [5.74, 6) is -1.78. The largest absolute Gasteiger partial charge is 0.545 e. The van der Waals surface area contributed by atoms with Crippen LogP contribution in [0.5, 0.6) is 5.75 Å². The maximum atomic E-state index is 12.7. The molecular weight excluding hydrogens is 364 g/mol. The highest BCUT2D eigenvalue weighted by atomic mass is 79.9. The van der Waals surface area contributed by atoms with Gasteiger partial charge in [-0.25, -0.2) is 0 Å². The van der Waals surface area contributed by atoms with E-state index in [1.165, 1.54) is 16.7 Å². The molecule has 0 N–H and O–H groups in total. The lowest BCUT2D eigenvalue weighted by atomic mass is 10.1. The van der Waals surface area contributed by atoms with Gasteiger partial charge in [0.05, 0.1) is 26.9 Å². The van der Waals surface area contributed by atoms with E-state index < -0.39 is 23.6 Å². The first-order valence-corrected chi connectivity index (χ1v) is 7.23. The van der Waals surface area contributed by atoms with Crippen molar-refractivity contribution in [1.29, 1.82) is 0 Å². The lowest BCUT2D eigenvalue weighted by molar-refractivity contribution is -0.255. The Morgan fingerprint density at radius 3 is 2.64 bits per heavy atom. The van der Waals surface area contributed by atoms with Crippen LogP contribution in [-0.2, 0) is 0 Å². The van der Waals surface area contributed by atoms with Gasteiger partial charge in [0.15, 0.2) is 11.2 Å². The van der Waals surface area contributed by atoms with Crippen LogP contribution in [0.1, 0.15) is 29.2 Å². The fraction of sp³-hybridized carbons (Fsp3) is 0.286. The third-order valence-corrected chi connectivity index (χ3v) is 4.09. The molecule has 0 atom stereocenters. The van der Waals surface area contributed by atoms with Crippen molar-refractivity contribution in [3.05, 3.63) is 38.6 Å². The molecule has 0 bridgehead atoms. The summed E-state index contributed by atoms with van der Waals surface area (Å²) in [7, 11) is 0. The molecule has 1 aliphatic carbocycles. The highest BCUT2D eigenvalue weighted by molar-refractivity contribution is 9.10. The lowest BCUT2D eigenvalue weighted by Gasteiger charge is -2.17. The van der Waals surface area contributed by atoms with Crippen LogP contribution in [0.2, 0.25) is 0 Å². The van der Waals surface area contributed by atoms with Crippen LogP contribution >= 0.6 is 15.9 Å². The maximum absolute atomic E-state index is 12.7. The number of benzene rings is 1. The zero-order valence-electron chi connectivity index (χ0n) is 11.0. The molecule has 3 rings (SSSR count). The molecule has 116 valence electrons. The Kier molecular flexibility index (Phi) is 3.64. The Hall–Kier alpha value is -1.96. The van der Waals surface area contributed by atoms with Crippen LogP contribution < -0.4 is 15.3 Å². The highest BCUT2D eigenvalue weighted by Crippen LogP contribution is 2.41. The zero-order valence-corrected chi connectivity index (χ0v) is 12.6. The molecule has 1 aliphatic rings. The van der Waals surface area contributed by atoms with E-state index in [1.54, 1.807) is 0 Å². The zero-order chi connectivity index (χ0) is 16.0. The molecule has 0 radical (unpaired) electrons. The summed E-state index contributed by atoms with van der Waals surface area (Å²) in [6.07, 6.45) is 2.68. The normalized spacial score (nSPS) is 14.5. The first-order chi connectivity index (χ1) is 10.4. The molecule has 0 aliphatic heterocycles. The second-order valence-corrected chi connectivity index (χ2v) is 5.80. The number of rotatable bonds is 4. The van der Waals surface area contributed by atoms with Gasteiger partial charge in [-0.2, -0.15) is 8.78 Å². The number of fused-ring (bicyclic) bond motifs is 1. The van der Waals surface area contributed by atoms with E-state index >= 15 is 0 Å². The van der Waals surface area contributed by atoms with Gasteiger partial charge in [-0.1, -0.05) is 0 Å². The Morgan fingerprint density at radius 1 is 1.41 bits per heavy atom. The second-order valence-electron chi connectivity index (χ2n) is 4.95. The molecule has 1 fully saturated rings. The molecule has 1 aromatic carbocycles. The van der Waals surface area contributed by atoms with Gasteiger partial charge in [-0.15, -0.1) is 0 Å². The number of ether oxygens (including phenoxy) is 1. The summed E-state index contributed by atoms with van der Waals surface area (Å²) < 4.78 is 31.6. The number of aromatic carboxylic acids is 1. The SMILES string of the molecule is O=C([O-])c1cn(C2CC2)c2c(OC(F)F)c(Br)ccc2c1=O. The summed E-state index contributed by atoms with van der Waals surface area (Å²) >= 11 is 3.12. The molecule has 1 aromatic heterocycles. The van der Waals surface area contributed by atoms with Crippen LogP contribution in [0.4, 0.5) is 8.78 Å². The number of pyridine rings is 1. The van der Waals surface area contributed by atoms with Gasteiger partial charge >= 0.3 is 6.61 Å². The molecule has 0 spiro atoms. The maximum Gasteiger partial charge on any atom is 0.387 e. The number of halogens is 3. The number of carbonyl (C=O) groups excluding carboxylic acids is 1. The van der Waals surface area contributed by atoms with Crippen LogP contribution in [0.25, 0.3) is 10.9 Å². The van der Waals surface area contributed by atoms with E-state index in [-0.39, 0.29) is 27.2 Å². The average molecular weight is 373 g/mol. The number of hydrogen-bond acceptors (Lipinski definition) is 4. The smallest absolute Gasteiger partial charge is 0.387 e. The van der Waals surface area contributed by atoms with E-state index in [4.69, 9.17) is 0 Å². The van der Waals surface area contributed by atoms with E-state index in [0.29, 0.717) is 0 Å². The summed E-state index contributed by atoms with van der Waals surface area (Å²) in [4.78, 5) is 23.3. The van der Waals surface area contributed by atoms with Crippen molar-refractivity contribution < 1.29 is 23.4 Å². The number of nitrogens with zero attached hydrogens (tertiary/aromatic N) is 1. The van der Waals surface area contributed by atoms with Gasteiger partial charge in [0, 0.05) is 12.2 Å². The fourth-order valence-corrected chi connectivity index (χ4v) is 2.79. The summed E-state index contributed by atoms with van der Waals surface area (Å²) in [6, 6.07) is 2.71. The monoisotopic (exact) mass is 372 g/mol. The van der Waals surface area contributed by atoms with Gasteiger partial charge in [0.1, 0.15) is 0 Å². The van der Waals surface area contributed by atoms with Crippen LogP contribution in [0.15, 0.2) is 27.6 Å². The molecule has 8 heteroatoms. The van der Waals surface area contributed by atoms with Gasteiger partial charge < -0.3 is 19.2 Å². The minimum atomic E-state index is -3.06. The molecule has 0 amide bonds. The topological polar surface area (TPSA) is 71.4 Å². The van der Waals surface area contributed by atoms with Crippen molar-refractivity contribution in [3.63, 3.8) is 0 Å². The third-order valence-electron chi connectivity index (χ3n) is 3.47. The average Bonchev–Trinajstić information content (AvgIpc) is 3.26. The van der Waals surface area contributed by atoms with E-state index in [2.05, 4.69) is 20.7 Å². The van der Waals surface area contributed by atoms with E-state index in [0.717, 1.165) is 19.0 Å². The van der Waals surface area contributed by atoms with Crippen molar-refractivity contribution in [2.45, 2.75) is 25.5 Å². The van der Waals surface area contributed by atoms with Crippen LogP contribution in [0.3, 0.4) is 0 Å². The van der Waals surface area contributed by atoms with Crippen molar-refractivity contribution in [2.75, 3.05) is 0 Å². The summed E-state index contributed by atoms with van der Waals surface area (Å²) in [5, 5.41) is 11.1. The lowest BCUT2D eigenvalue weighted by Crippen LogP contribution is -2.30. The summed E-state index contributed by atoms with van der Waals surface area (Å²) in [6.45, 7) is -3.06. The molecule has 1 saturated carbocycles.